The molecule has 0 atom stereocenters. The number of carbonyl (C=O) groups is 2. The minimum absolute atomic E-state index is 0.181. The van der Waals surface area contributed by atoms with Crippen molar-refractivity contribution in [3.63, 3.8) is 0 Å². The molecular formula is C23H16O2. The van der Waals surface area contributed by atoms with Gasteiger partial charge in [0.2, 0.25) is 0 Å². The van der Waals surface area contributed by atoms with Gasteiger partial charge in [-0.2, -0.15) is 0 Å². The number of hydrogen-bond donors (Lipinski definition) is 0. The summed E-state index contributed by atoms with van der Waals surface area (Å²) in [7, 11) is 0. The van der Waals surface area contributed by atoms with Gasteiger partial charge in [-0.15, -0.1) is 0 Å². The van der Waals surface area contributed by atoms with Crippen LogP contribution in [-0.2, 0) is 0 Å². The average Bonchev–Trinajstić information content (AvgIpc) is 2.93. The van der Waals surface area contributed by atoms with Crippen molar-refractivity contribution in [2.75, 3.05) is 0 Å². The number of rotatable bonds is 2. The summed E-state index contributed by atoms with van der Waals surface area (Å²) in [5.74, 6) is -0.363. The van der Waals surface area contributed by atoms with Crippen LogP contribution in [0, 0.1) is 0 Å². The Balaban J connectivity index is 2.05. The molecule has 3 aromatic rings. The lowest BCUT2D eigenvalue weighted by Gasteiger charge is -2.12. The Bertz CT molecular complexity index is 932. The summed E-state index contributed by atoms with van der Waals surface area (Å²) in [5.41, 5.74) is 4.80. The molecule has 0 unspecified atom stereocenters. The molecule has 4 rings (SSSR count). The van der Waals surface area contributed by atoms with E-state index in [-0.39, 0.29) is 17.1 Å². The van der Waals surface area contributed by atoms with Gasteiger partial charge >= 0.3 is 0 Å². The monoisotopic (exact) mass is 324 g/mol. The van der Waals surface area contributed by atoms with E-state index in [1.54, 1.807) is 13.0 Å². The second-order valence-corrected chi connectivity index (χ2v) is 6.00. The molecule has 0 aliphatic heterocycles. The lowest BCUT2D eigenvalue weighted by atomic mass is 9.90. The van der Waals surface area contributed by atoms with E-state index < -0.39 is 0 Å². The fourth-order valence-electron chi connectivity index (χ4n) is 3.43. The Hall–Kier alpha value is -3.26. The van der Waals surface area contributed by atoms with E-state index in [1.165, 1.54) is 0 Å². The zero-order valence-electron chi connectivity index (χ0n) is 13.8. The number of allylic oxidation sites excluding steroid dienone is 2. The number of hydrogen-bond acceptors (Lipinski definition) is 2. The molecule has 0 saturated heterocycles. The third-order valence-electron chi connectivity index (χ3n) is 4.61. The Kier molecular flexibility index (Phi) is 3.66. The number of carbonyl (C=O) groups excluding carboxylic acids is 2. The highest BCUT2D eigenvalue weighted by Gasteiger charge is 2.37. The third-order valence-corrected chi connectivity index (χ3v) is 4.61. The van der Waals surface area contributed by atoms with Gasteiger partial charge < -0.3 is 0 Å². The van der Waals surface area contributed by atoms with Crippen LogP contribution < -0.4 is 0 Å². The molecular weight excluding hydrogens is 308 g/mol. The normalized spacial score (nSPS) is 13.1. The van der Waals surface area contributed by atoms with E-state index in [0.717, 1.165) is 22.3 Å². The first kappa shape index (κ1) is 15.3. The van der Waals surface area contributed by atoms with E-state index in [1.807, 2.05) is 72.8 Å². The predicted octanol–water partition coefficient (Wildman–Crippen LogP) is 5.35. The number of fused-ring (bicyclic) bond motifs is 1. The average molecular weight is 324 g/mol. The molecule has 0 aromatic heterocycles. The van der Waals surface area contributed by atoms with Crippen molar-refractivity contribution in [3.05, 3.63) is 95.6 Å². The molecule has 0 spiro atoms. The summed E-state index contributed by atoms with van der Waals surface area (Å²) in [6.45, 7) is 1.74. The van der Waals surface area contributed by atoms with Crippen molar-refractivity contribution in [2.24, 2.45) is 0 Å². The highest BCUT2D eigenvalue weighted by Crippen LogP contribution is 2.40. The Morgan fingerprint density at radius 2 is 1.00 bits per heavy atom. The van der Waals surface area contributed by atoms with Gasteiger partial charge in [0.1, 0.15) is 0 Å². The van der Waals surface area contributed by atoms with E-state index in [2.05, 4.69) is 0 Å². The quantitative estimate of drug-likeness (QED) is 0.470. The van der Waals surface area contributed by atoms with Crippen LogP contribution in [0.2, 0.25) is 0 Å². The van der Waals surface area contributed by atoms with Gasteiger partial charge in [0.05, 0.1) is 5.57 Å². The summed E-state index contributed by atoms with van der Waals surface area (Å²) >= 11 is 0. The van der Waals surface area contributed by atoms with Crippen molar-refractivity contribution >= 4 is 11.6 Å². The SMILES string of the molecule is CC=C1C(=O)c2c(-c3ccccc3)ccc(-c3ccccc3)c2C1=O. The van der Waals surface area contributed by atoms with Crippen molar-refractivity contribution in [2.45, 2.75) is 6.92 Å². The van der Waals surface area contributed by atoms with Gasteiger partial charge in [-0.05, 0) is 29.2 Å². The molecule has 0 radical (unpaired) electrons. The minimum atomic E-state index is -0.181. The number of benzene rings is 3. The van der Waals surface area contributed by atoms with Crippen LogP contribution in [0.5, 0.6) is 0 Å². The molecule has 0 saturated carbocycles. The second-order valence-electron chi connectivity index (χ2n) is 6.00. The maximum absolute atomic E-state index is 12.9. The molecule has 1 aliphatic rings. The topological polar surface area (TPSA) is 34.1 Å². The summed E-state index contributed by atoms with van der Waals surface area (Å²) < 4.78 is 0. The summed E-state index contributed by atoms with van der Waals surface area (Å²) in [5, 5.41) is 0. The van der Waals surface area contributed by atoms with Crippen molar-refractivity contribution in [1.29, 1.82) is 0 Å². The Morgan fingerprint density at radius 3 is 1.36 bits per heavy atom. The molecule has 0 amide bonds. The largest absolute Gasteiger partial charge is 0.288 e. The lowest BCUT2D eigenvalue weighted by molar-refractivity contribution is 0.0989. The third kappa shape index (κ3) is 2.34. The van der Waals surface area contributed by atoms with Crippen LogP contribution in [0.15, 0.2) is 84.4 Å². The van der Waals surface area contributed by atoms with E-state index in [0.29, 0.717) is 11.1 Å². The fourth-order valence-corrected chi connectivity index (χ4v) is 3.43. The fraction of sp³-hybridized carbons (Fsp3) is 0.0435. The van der Waals surface area contributed by atoms with Crippen molar-refractivity contribution in [3.8, 4) is 22.3 Å². The number of Topliss-reactive ketones (excluding diaryl/α,β-unsaturated/α-hetero) is 2. The number of ketones is 2. The summed E-state index contributed by atoms with van der Waals surface area (Å²) in [6, 6.07) is 23.4. The van der Waals surface area contributed by atoms with E-state index in [9.17, 15) is 9.59 Å². The predicted molar refractivity (Wildman–Crippen MR) is 99.7 cm³/mol. The first-order valence-corrected chi connectivity index (χ1v) is 8.26. The van der Waals surface area contributed by atoms with Gasteiger partial charge in [0.25, 0.3) is 0 Å². The van der Waals surface area contributed by atoms with Gasteiger partial charge in [-0.3, -0.25) is 9.59 Å². The maximum Gasteiger partial charge on any atom is 0.198 e. The van der Waals surface area contributed by atoms with Gasteiger partial charge in [0, 0.05) is 11.1 Å². The van der Waals surface area contributed by atoms with E-state index in [4.69, 9.17) is 0 Å². The first-order chi connectivity index (χ1) is 12.2. The highest BCUT2D eigenvalue weighted by molar-refractivity contribution is 6.42. The Labute approximate surface area is 146 Å². The van der Waals surface area contributed by atoms with Crippen molar-refractivity contribution in [1.82, 2.24) is 0 Å². The molecule has 2 heteroatoms. The zero-order chi connectivity index (χ0) is 17.4. The minimum Gasteiger partial charge on any atom is -0.288 e. The standard InChI is InChI=1S/C23H16O2/c1-2-17-22(24)20-18(15-9-5-3-6-10-15)13-14-19(21(20)23(17)25)16-11-7-4-8-12-16/h2-14H,1H3. The van der Waals surface area contributed by atoms with Crippen LogP contribution in [0.4, 0.5) is 0 Å². The molecule has 0 N–H and O–H groups in total. The molecule has 120 valence electrons. The van der Waals surface area contributed by atoms with E-state index >= 15 is 0 Å². The maximum atomic E-state index is 12.9. The highest BCUT2D eigenvalue weighted by atomic mass is 16.2. The summed E-state index contributed by atoms with van der Waals surface area (Å²) in [6.07, 6.45) is 1.62. The zero-order valence-corrected chi connectivity index (χ0v) is 13.8. The van der Waals surface area contributed by atoms with Crippen LogP contribution in [0.3, 0.4) is 0 Å². The Morgan fingerprint density at radius 1 is 0.600 bits per heavy atom. The molecule has 1 aliphatic carbocycles. The lowest BCUT2D eigenvalue weighted by Crippen LogP contribution is -2.00. The van der Waals surface area contributed by atoms with Crippen LogP contribution >= 0.6 is 0 Å². The van der Waals surface area contributed by atoms with Gasteiger partial charge in [-0.1, -0.05) is 78.9 Å². The second kappa shape index (κ2) is 5.99. The first-order valence-electron chi connectivity index (χ1n) is 8.26. The van der Waals surface area contributed by atoms with Crippen LogP contribution in [0.25, 0.3) is 22.3 Å². The molecule has 2 nitrogen and oxygen atoms in total. The molecule has 0 fully saturated rings. The van der Waals surface area contributed by atoms with Crippen LogP contribution in [-0.4, -0.2) is 11.6 Å². The molecule has 3 aromatic carbocycles. The van der Waals surface area contributed by atoms with Crippen molar-refractivity contribution < 1.29 is 9.59 Å². The molecule has 25 heavy (non-hydrogen) atoms. The molecule has 0 heterocycles. The van der Waals surface area contributed by atoms with Crippen LogP contribution in [0.1, 0.15) is 27.6 Å². The summed E-state index contributed by atoms with van der Waals surface area (Å²) in [4.78, 5) is 25.9. The van der Waals surface area contributed by atoms with Gasteiger partial charge in [-0.25, -0.2) is 0 Å². The van der Waals surface area contributed by atoms with Gasteiger partial charge in [0.15, 0.2) is 11.6 Å². The molecule has 0 bridgehead atoms. The smallest absolute Gasteiger partial charge is 0.198 e.